The minimum atomic E-state index is 0.773. The zero-order valence-electron chi connectivity index (χ0n) is 7.54. The van der Waals surface area contributed by atoms with E-state index >= 15 is 0 Å². The molecular weight excluding hydrogens is 164 g/mol. The van der Waals surface area contributed by atoms with Gasteiger partial charge in [0.25, 0.3) is 0 Å². The van der Waals surface area contributed by atoms with Crippen LogP contribution in [0.3, 0.4) is 0 Å². The Morgan fingerprint density at radius 3 is 3.08 bits per heavy atom. The van der Waals surface area contributed by atoms with E-state index in [4.69, 9.17) is 9.47 Å². The maximum atomic E-state index is 5.20. The predicted molar refractivity (Wildman–Crippen MR) is 49.1 cm³/mol. The fourth-order valence-electron chi connectivity index (χ4n) is 1.43. The first-order valence-electron chi connectivity index (χ1n) is 4.33. The van der Waals surface area contributed by atoms with Crippen LogP contribution in [0.1, 0.15) is 19.8 Å². The van der Waals surface area contributed by atoms with E-state index in [2.05, 4.69) is 25.3 Å². The third-order valence-electron chi connectivity index (χ3n) is 2.06. The van der Waals surface area contributed by atoms with E-state index in [9.17, 15) is 0 Å². The molecule has 1 heterocycles. The van der Waals surface area contributed by atoms with Crippen LogP contribution in [0.15, 0.2) is 41.6 Å². The lowest BCUT2D eigenvalue weighted by Gasteiger charge is -2.15. The Hall–Kier alpha value is -1.44. The molecule has 0 amide bonds. The molecule has 1 aliphatic heterocycles. The monoisotopic (exact) mass is 175 g/mol. The van der Waals surface area contributed by atoms with Crippen molar-refractivity contribution in [2.75, 3.05) is 0 Å². The van der Waals surface area contributed by atoms with Crippen LogP contribution in [0.4, 0.5) is 0 Å². The molecule has 0 saturated carbocycles. The Morgan fingerprint density at radius 2 is 2.38 bits per heavy atom. The van der Waals surface area contributed by atoms with Crippen molar-refractivity contribution >= 4 is 0 Å². The number of allylic oxidation sites excluding steroid dienone is 4. The number of hydrogen-bond donors (Lipinski definition) is 0. The van der Waals surface area contributed by atoms with E-state index in [1.165, 1.54) is 17.4 Å². The van der Waals surface area contributed by atoms with Gasteiger partial charge in [-0.05, 0) is 25.3 Å². The Kier molecular flexibility index (Phi) is 2.21. The summed E-state index contributed by atoms with van der Waals surface area (Å²) in [4.78, 5) is 0. The van der Waals surface area contributed by atoms with Crippen molar-refractivity contribution in [1.82, 2.24) is 0 Å². The van der Waals surface area contributed by atoms with Crippen molar-refractivity contribution in [3.05, 3.63) is 47.8 Å². The third kappa shape index (κ3) is 1.83. The fraction of sp³-hybridized carbons (Fsp3) is 0.273. The van der Waals surface area contributed by atoms with Gasteiger partial charge in [0, 0.05) is 0 Å². The van der Waals surface area contributed by atoms with Gasteiger partial charge in [-0.15, -0.1) is 0 Å². The minimum absolute atomic E-state index is 0.773. The van der Waals surface area contributed by atoms with Crippen LogP contribution in [-0.2, 0) is 9.47 Å². The molecule has 0 aromatic rings. The molecule has 0 bridgehead atoms. The molecule has 0 aromatic heterocycles. The first kappa shape index (κ1) is 8.17. The summed E-state index contributed by atoms with van der Waals surface area (Å²) in [5.74, 6) is 0.773. The standard InChI is InChI=1S/C11H11O2/c1-9-3-2-4-10(7-9)11-8-12-5-6-13-11/h3,5,7-8H,2,4H2,1H3. The molecule has 0 saturated heterocycles. The summed E-state index contributed by atoms with van der Waals surface area (Å²) in [6.07, 6.45) is 12.0. The molecule has 0 fully saturated rings. The van der Waals surface area contributed by atoms with Crippen LogP contribution in [0.2, 0.25) is 0 Å². The molecule has 0 unspecified atom stereocenters. The molecule has 2 rings (SSSR count). The molecule has 13 heavy (non-hydrogen) atoms. The lowest BCUT2D eigenvalue weighted by atomic mass is 9.99. The summed E-state index contributed by atoms with van der Waals surface area (Å²) in [5.41, 5.74) is 2.46. The fourth-order valence-corrected chi connectivity index (χ4v) is 1.43. The van der Waals surface area contributed by atoms with Gasteiger partial charge >= 0.3 is 0 Å². The molecule has 0 aromatic carbocycles. The van der Waals surface area contributed by atoms with Crippen LogP contribution >= 0.6 is 0 Å². The summed E-state index contributed by atoms with van der Waals surface area (Å²) in [6.45, 7) is 2.09. The average molecular weight is 175 g/mol. The van der Waals surface area contributed by atoms with Crippen LogP contribution in [0.25, 0.3) is 0 Å². The number of ether oxygens (including phenoxy) is 2. The summed E-state index contributed by atoms with van der Waals surface area (Å²) in [7, 11) is 0. The Labute approximate surface area is 77.8 Å². The van der Waals surface area contributed by atoms with Crippen molar-refractivity contribution in [1.29, 1.82) is 0 Å². The van der Waals surface area contributed by atoms with E-state index in [0.29, 0.717) is 0 Å². The van der Waals surface area contributed by atoms with Crippen LogP contribution in [0, 0.1) is 6.26 Å². The largest absolute Gasteiger partial charge is 0.465 e. The highest BCUT2D eigenvalue weighted by Gasteiger charge is 2.11. The van der Waals surface area contributed by atoms with Crippen molar-refractivity contribution in [3.63, 3.8) is 0 Å². The normalized spacial score (nSPS) is 20.8. The first-order chi connectivity index (χ1) is 6.36. The summed E-state index contributed by atoms with van der Waals surface area (Å²) in [6, 6.07) is 0. The predicted octanol–water partition coefficient (Wildman–Crippen LogP) is 2.82. The van der Waals surface area contributed by atoms with Crippen LogP contribution in [-0.4, -0.2) is 0 Å². The molecule has 2 aliphatic rings. The molecule has 2 heteroatoms. The maximum absolute atomic E-state index is 5.20. The third-order valence-corrected chi connectivity index (χ3v) is 2.06. The van der Waals surface area contributed by atoms with Gasteiger partial charge in [0.15, 0.2) is 5.76 Å². The highest BCUT2D eigenvalue weighted by atomic mass is 16.5. The van der Waals surface area contributed by atoms with Crippen molar-refractivity contribution < 1.29 is 9.47 Å². The maximum Gasteiger partial charge on any atom is 0.208 e. The van der Waals surface area contributed by atoms with Gasteiger partial charge < -0.3 is 9.47 Å². The summed E-state index contributed by atoms with van der Waals surface area (Å²) in [5, 5.41) is 0. The Morgan fingerprint density at radius 1 is 1.46 bits per heavy atom. The van der Waals surface area contributed by atoms with Gasteiger partial charge in [-0.3, -0.25) is 0 Å². The van der Waals surface area contributed by atoms with Gasteiger partial charge in [-0.1, -0.05) is 17.7 Å². The first-order valence-corrected chi connectivity index (χ1v) is 4.33. The number of hydrogen-bond acceptors (Lipinski definition) is 2. The molecule has 2 nitrogen and oxygen atoms in total. The minimum Gasteiger partial charge on any atom is -0.465 e. The van der Waals surface area contributed by atoms with Crippen LogP contribution in [0.5, 0.6) is 0 Å². The summed E-state index contributed by atoms with van der Waals surface area (Å²) < 4.78 is 10.2. The molecule has 0 spiro atoms. The molecule has 0 N–H and O–H groups in total. The van der Waals surface area contributed by atoms with Gasteiger partial charge in [0.2, 0.25) is 6.26 Å². The molecule has 1 radical (unpaired) electrons. The van der Waals surface area contributed by atoms with Gasteiger partial charge in [-0.25, -0.2) is 0 Å². The average Bonchev–Trinajstić information content (AvgIpc) is 2.19. The quantitative estimate of drug-likeness (QED) is 0.610. The second-order valence-electron chi connectivity index (χ2n) is 3.11. The summed E-state index contributed by atoms with van der Waals surface area (Å²) >= 11 is 0. The SMILES string of the molecule is CC1=CCCC(C2=COC=[C]O2)=C1. The second-order valence-corrected chi connectivity index (χ2v) is 3.11. The number of rotatable bonds is 1. The molecule has 1 aliphatic carbocycles. The molecular formula is C11H11O2. The van der Waals surface area contributed by atoms with E-state index in [0.717, 1.165) is 18.6 Å². The van der Waals surface area contributed by atoms with E-state index in [-0.39, 0.29) is 0 Å². The second kappa shape index (κ2) is 3.52. The molecule has 67 valence electrons. The van der Waals surface area contributed by atoms with Crippen molar-refractivity contribution in [2.24, 2.45) is 0 Å². The van der Waals surface area contributed by atoms with Crippen molar-refractivity contribution in [2.45, 2.75) is 19.8 Å². The van der Waals surface area contributed by atoms with E-state index in [1.807, 2.05) is 0 Å². The highest BCUT2D eigenvalue weighted by molar-refractivity contribution is 5.36. The van der Waals surface area contributed by atoms with Gasteiger partial charge in [-0.2, -0.15) is 0 Å². The van der Waals surface area contributed by atoms with Crippen LogP contribution < -0.4 is 0 Å². The lowest BCUT2D eigenvalue weighted by Crippen LogP contribution is -1.99. The van der Waals surface area contributed by atoms with Crippen molar-refractivity contribution in [3.8, 4) is 0 Å². The topological polar surface area (TPSA) is 18.5 Å². The Bertz CT molecular complexity index is 319. The smallest absolute Gasteiger partial charge is 0.208 e. The van der Waals surface area contributed by atoms with E-state index in [1.54, 1.807) is 6.26 Å². The lowest BCUT2D eigenvalue weighted by molar-refractivity contribution is 0.244. The zero-order chi connectivity index (χ0) is 9.10. The van der Waals surface area contributed by atoms with Gasteiger partial charge in [0.05, 0.1) is 0 Å². The molecule has 0 atom stereocenters. The van der Waals surface area contributed by atoms with Gasteiger partial charge in [0.1, 0.15) is 12.5 Å². The highest BCUT2D eigenvalue weighted by Crippen LogP contribution is 2.25. The van der Waals surface area contributed by atoms with E-state index < -0.39 is 0 Å². The zero-order valence-corrected chi connectivity index (χ0v) is 7.54. The Balaban J connectivity index is 2.16.